The van der Waals surface area contributed by atoms with Crippen molar-refractivity contribution in [1.29, 1.82) is 0 Å². The number of fused-ring (bicyclic) bond motifs is 1. The molecular formula is C11H7IO2Tl. The van der Waals surface area contributed by atoms with Crippen LogP contribution in [0.1, 0.15) is 10.4 Å². The molecule has 0 aliphatic carbocycles. The van der Waals surface area contributed by atoms with Crippen molar-refractivity contribution in [2.24, 2.45) is 0 Å². The van der Waals surface area contributed by atoms with Crippen LogP contribution in [0.4, 0.5) is 0 Å². The summed E-state index contributed by atoms with van der Waals surface area (Å²) in [5.74, 6) is -0.875. The molecule has 0 aromatic heterocycles. The molecule has 0 fully saturated rings. The minimum Gasteiger partial charge on any atom is -0.478 e. The topological polar surface area (TPSA) is 37.3 Å². The second-order valence-corrected chi connectivity index (χ2v) is 4.15. The van der Waals surface area contributed by atoms with Gasteiger partial charge in [0.05, 0.1) is 5.56 Å². The van der Waals surface area contributed by atoms with Gasteiger partial charge in [-0.15, -0.1) is 0 Å². The Labute approximate surface area is 121 Å². The third-order valence-electron chi connectivity index (χ3n) is 2.07. The summed E-state index contributed by atoms with van der Waals surface area (Å²) in [4.78, 5) is 10.9. The second kappa shape index (κ2) is 5.24. The molecule has 0 amide bonds. The van der Waals surface area contributed by atoms with E-state index in [4.69, 9.17) is 5.11 Å². The normalized spacial score (nSPS) is 9.67. The smallest absolute Gasteiger partial charge is 0.336 e. The maximum atomic E-state index is 10.9. The number of hydrogen-bond donors (Lipinski definition) is 1. The van der Waals surface area contributed by atoms with Gasteiger partial charge < -0.3 is 5.11 Å². The Balaban J connectivity index is 0.00000112. The molecular weight excluding hydrogens is 495 g/mol. The van der Waals surface area contributed by atoms with Gasteiger partial charge in [0.15, 0.2) is 0 Å². The molecule has 1 N–H and O–H groups in total. The maximum absolute atomic E-state index is 10.9. The second-order valence-electron chi connectivity index (χ2n) is 2.98. The van der Waals surface area contributed by atoms with Gasteiger partial charge in [-0.3, -0.25) is 0 Å². The van der Waals surface area contributed by atoms with Gasteiger partial charge in [-0.2, -0.15) is 0 Å². The summed E-state index contributed by atoms with van der Waals surface area (Å²) in [6.07, 6.45) is 0. The number of rotatable bonds is 1. The zero-order chi connectivity index (χ0) is 10.1. The summed E-state index contributed by atoms with van der Waals surface area (Å²) < 4.78 is 0.772. The fraction of sp³-hybridized carbons (Fsp3) is 0. The molecule has 0 saturated heterocycles. The molecule has 73 valence electrons. The average molecular weight is 502 g/mol. The van der Waals surface area contributed by atoms with Crippen molar-refractivity contribution in [2.45, 2.75) is 0 Å². The van der Waals surface area contributed by atoms with Crippen molar-refractivity contribution in [3.8, 4) is 0 Å². The van der Waals surface area contributed by atoms with Crippen molar-refractivity contribution in [3.63, 3.8) is 0 Å². The number of hydrogen-bond acceptors (Lipinski definition) is 1. The molecule has 0 heterocycles. The van der Waals surface area contributed by atoms with Crippen LogP contribution < -0.4 is 0 Å². The first-order valence-corrected chi connectivity index (χ1v) is 5.18. The van der Waals surface area contributed by atoms with Crippen LogP contribution in [-0.2, 0) is 0 Å². The third-order valence-corrected chi connectivity index (χ3v) is 2.96. The van der Waals surface area contributed by atoms with Crippen LogP contribution in [0.2, 0.25) is 0 Å². The molecule has 2 nitrogen and oxygen atoms in total. The van der Waals surface area contributed by atoms with Crippen molar-refractivity contribution < 1.29 is 9.90 Å². The Bertz CT molecular complexity index is 511. The van der Waals surface area contributed by atoms with Crippen LogP contribution in [0, 0.1) is 3.57 Å². The molecule has 2 aromatic carbocycles. The molecule has 0 unspecified atom stereocenters. The van der Waals surface area contributed by atoms with Crippen LogP contribution >= 0.6 is 22.6 Å². The number of carboxylic acid groups (broad SMARTS) is 1. The Morgan fingerprint density at radius 3 is 2.20 bits per heavy atom. The molecule has 0 aliphatic rings. The minimum absolute atomic E-state index is 0. The van der Waals surface area contributed by atoms with Crippen LogP contribution in [-0.4, -0.2) is 38.4 Å². The van der Waals surface area contributed by atoms with Gasteiger partial charge in [0, 0.05) is 30.9 Å². The van der Waals surface area contributed by atoms with Crippen molar-refractivity contribution in [1.82, 2.24) is 0 Å². The van der Waals surface area contributed by atoms with Crippen molar-refractivity contribution in [3.05, 3.63) is 45.5 Å². The van der Waals surface area contributed by atoms with Crippen LogP contribution in [0.5, 0.6) is 0 Å². The number of carbonyl (C=O) groups is 1. The standard InChI is InChI=1S/C11H7IO2.Tl/c12-10-6-8-4-2-1-3-7(8)5-9(10)11(13)14;/h1-6H,(H,13,14);. The molecule has 0 aliphatic heterocycles. The molecule has 0 bridgehead atoms. The summed E-state index contributed by atoms with van der Waals surface area (Å²) in [7, 11) is 0. The van der Waals surface area contributed by atoms with Gasteiger partial charge >= 0.3 is 5.97 Å². The monoisotopic (exact) mass is 503 g/mol. The zero-order valence-corrected chi connectivity index (χ0v) is 14.4. The molecule has 1 radical (unpaired) electrons. The Morgan fingerprint density at radius 2 is 1.67 bits per heavy atom. The molecule has 4 heteroatoms. The van der Waals surface area contributed by atoms with E-state index in [2.05, 4.69) is 0 Å². The number of halogens is 1. The van der Waals surface area contributed by atoms with E-state index in [0.29, 0.717) is 5.56 Å². The Kier molecular flexibility index (Phi) is 4.50. The third kappa shape index (κ3) is 2.69. The fourth-order valence-corrected chi connectivity index (χ4v) is 2.10. The number of carboxylic acids is 1. The van der Waals surface area contributed by atoms with Gasteiger partial charge in [-0.1, -0.05) is 24.3 Å². The van der Waals surface area contributed by atoms with E-state index in [0.717, 1.165) is 14.3 Å². The van der Waals surface area contributed by atoms with Gasteiger partial charge in [0.25, 0.3) is 0 Å². The van der Waals surface area contributed by atoms with E-state index >= 15 is 0 Å². The van der Waals surface area contributed by atoms with E-state index in [1.807, 2.05) is 52.9 Å². The minimum atomic E-state index is -0.875. The van der Waals surface area contributed by atoms with E-state index in [1.54, 1.807) is 6.07 Å². The first-order chi connectivity index (χ1) is 6.68. The predicted octanol–water partition coefficient (Wildman–Crippen LogP) is 2.76. The average Bonchev–Trinajstić information content (AvgIpc) is 2.16. The van der Waals surface area contributed by atoms with Gasteiger partial charge in [0.1, 0.15) is 0 Å². The molecule has 2 rings (SSSR count). The SMILES string of the molecule is O=C(O)c1cc2ccccc2cc1I.[Tl]. The molecule has 0 saturated carbocycles. The Hall–Kier alpha value is -0.178. The molecule has 0 spiro atoms. The largest absolute Gasteiger partial charge is 0.478 e. The molecule has 0 atom stereocenters. The van der Waals surface area contributed by atoms with Gasteiger partial charge in [-0.05, 0) is 45.5 Å². The first-order valence-electron chi connectivity index (χ1n) is 4.10. The van der Waals surface area contributed by atoms with Crippen LogP contribution in [0.3, 0.4) is 0 Å². The number of benzene rings is 2. The van der Waals surface area contributed by atoms with E-state index in [-0.39, 0.29) is 27.3 Å². The first kappa shape index (κ1) is 12.9. The summed E-state index contributed by atoms with van der Waals surface area (Å²) in [6.45, 7) is 0. The Morgan fingerprint density at radius 1 is 1.13 bits per heavy atom. The van der Waals surface area contributed by atoms with Gasteiger partial charge in [0.2, 0.25) is 0 Å². The van der Waals surface area contributed by atoms with Crippen LogP contribution in [0.25, 0.3) is 10.8 Å². The molecule has 15 heavy (non-hydrogen) atoms. The summed E-state index contributed by atoms with van der Waals surface area (Å²) in [6, 6.07) is 11.3. The number of aromatic carboxylic acids is 1. The van der Waals surface area contributed by atoms with Crippen molar-refractivity contribution in [2.75, 3.05) is 0 Å². The van der Waals surface area contributed by atoms with E-state index < -0.39 is 5.97 Å². The summed E-state index contributed by atoms with van der Waals surface area (Å²) in [5.41, 5.74) is 0.365. The van der Waals surface area contributed by atoms with Crippen LogP contribution in [0.15, 0.2) is 36.4 Å². The van der Waals surface area contributed by atoms with E-state index in [9.17, 15) is 4.79 Å². The maximum Gasteiger partial charge on any atom is 0.336 e. The zero-order valence-electron chi connectivity index (χ0n) is 7.77. The molecule has 2 aromatic rings. The predicted molar refractivity (Wildman–Crippen MR) is 69.4 cm³/mol. The fourth-order valence-electron chi connectivity index (χ4n) is 1.38. The van der Waals surface area contributed by atoms with E-state index in [1.165, 1.54) is 0 Å². The van der Waals surface area contributed by atoms with Gasteiger partial charge in [-0.25, -0.2) is 4.79 Å². The quantitative estimate of drug-likeness (QED) is 0.481. The van der Waals surface area contributed by atoms with Crippen molar-refractivity contribution >= 4 is 66.6 Å². The summed E-state index contributed by atoms with van der Waals surface area (Å²) >= 11 is 2.04. The summed E-state index contributed by atoms with van der Waals surface area (Å²) in [5, 5.41) is 11.0.